The predicted molar refractivity (Wildman–Crippen MR) is 337 cm³/mol. The Morgan fingerprint density at radius 1 is 0.264 bits per heavy atom. The van der Waals surface area contributed by atoms with Crippen molar-refractivity contribution in [3.8, 4) is 0 Å². The van der Waals surface area contributed by atoms with Crippen molar-refractivity contribution in [2.45, 2.75) is 157 Å². The van der Waals surface area contributed by atoms with Crippen molar-refractivity contribution in [3.05, 3.63) is 164 Å². The Morgan fingerprint density at radius 2 is 0.403 bits per heavy atom. The molecule has 0 amide bonds. The van der Waals surface area contributed by atoms with Crippen molar-refractivity contribution in [2.75, 3.05) is 0 Å². The van der Waals surface area contributed by atoms with Gasteiger partial charge in [0.05, 0.1) is 0 Å². The molecule has 0 aromatic heterocycles. The predicted octanol–water partition coefficient (Wildman–Crippen LogP) is 18.3. The molecule has 0 unspecified atom stereocenters. The molecule has 72 heavy (non-hydrogen) atoms. The first-order chi connectivity index (χ1) is 32.6. The fraction of sp³-hybridized carbons (Fsp3) is 0.462. The molecule has 4 rings (SSSR count). The van der Waals surface area contributed by atoms with E-state index in [9.17, 15) is 0 Å². The molecule has 390 valence electrons. The molecule has 0 N–H and O–H groups in total. The van der Waals surface area contributed by atoms with Gasteiger partial charge in [0.15, 0.2) is 0 Å². The molecule has 0 saturated carbocycles. The molecular weight excluding hydrogens is 1090 g/mol. The molecule has 0 aliphatic heterocycles. The Bertz CT molecular complexity index is 1980. The van der Waals surface area contributed by atoms with Crippen LogP contribution in [0.15, 0.2) is 147 Å². The summed E-state index contributed by atoms with van der Waals surface area (Å²) in [4.78, 5) is 19.6. The Balaban J connectivity index is 0.000000909. The van der Waals surface area contributed by atoms with Crippen molar-refractivity contribution < 1.29 is 40.5 Å². The summed E-state index contributed by atoms with van der Waals surface area (Å²) in [6, 6.07) is 41.3. The zero-order valence-electron chi connectivity index (χ0n) is 49.0. The molecule has 0 aliphatic rings. The van der Waals surface area contributed by atoms with E-state index in [1.54, 1.807) is 40.5 Å². The van der Waals surface area contributed by atoms with E-state index in [0.29, 0.717) is 0 Å². The molecule has 0 radical (unpaired) electrons. The number of nitrogens with zero attached hydrogens (tertiary/aromatic N) is 10. The Hall–Kier alpha value is -2.48. The molecule has 10 nitrogen and oxygen atoms in total. The molecule has 0 spiro atoms. The van der Waals surface area contributed by atoms with Crippen LogP contribution in [0.1, 0.15) is 22.3 Å². The van der Waals surface area contributed by atoms with E-state index in [1.807, 2.05) is 24.3 Å². The molecular formula is C52H92N10Si8Ti2. The van der Waals surface area contributed by atoms with Crippen LogP contribution in [0.3, 0.4) is 0 Å². The normalized spacial score (nSPS) is 13.2. The van der Waals surface area contributed by atoms with Crippen LogP contribution in [0.2, 0.25) is 157 Å². The van der Waals surface area contributed by atoms with Crippen LogP contribution in [0.4, 0.5) is 0 Å². The van der Waals surface area contributed by atoms with E-state index >= 15 is 0 Å². The van der Waals surface area contributed by atoms with Crippen molar-refractivity contribution in [1.82, 2.24) is 0 Å². The summed E-state index contributed by atoms with van der Waals surface area (Å²) in [5, 5.41) is 0. The number of rotatable bonds is 13. The first-order valence-corrected chi connectivity index (χ1v) is 53.8. The van der Waals surface area contributed by atoms with Gasteiger partial charge in [0.2, 0.25) is 0 Å². The van der Waals surface area contributed by atoms with E-state index in [4.69, 9.17) is 38.6 Å². The molecule has 0 atom stereocenters. The van der Waals surface area contributed by atoms with Crippen LogP contribution in [0, 0.1) is 0 Å². The topological polar surface area (TPSA) is 131 Å². The fourth-order valence-corrected chi connectivity index (χ4v) is 12.4. The Labute approximate surface area is 471 Å². The van der Waals surface area contributed by atoms with Crippen LogP contribution in [-0.2, 0) is 40.5 Å². The second kappa shape index (κ2) is 31.5. The molecule has 4 aromatic rings. The van der Waals surface area contributed by atoms with Gasteiger partial charge in [0.25, 0.3) is 0 Å². The second-order valence-corrected chi connectivity index (χ2v) is 62.4. The number of hydrogen-bond acceptors (Lipinski definition) is 6. The van der Waals surface area contributed by atoms with Gasteiger partial charge in [-0.15, -0.1) is 0 Å². The quantitative estimate of drug-likeness (QED) is 0.0546. The average molecular weight is 1180 g/mol. The van der Waals surface area contributed by atoms with E-state index in [0.717, 1.165) is 45.6 Å². The summed E-state index contributed by atoms with van der Waals surface area (Å²) in [6.45, 7) is 53.9. The van der Waals surface area contributed by atoms with Crippen LogP contribution in [0.25, 0.3) is 19.9 Å². The number of benzene rings is 4. The third-order valence-electron chi connectivity index (χ3n) is 7.71. The van der Waals surface area contributed by atoms with Crippen molar-refractivity contribution in [3.63, 3.8) is 0 Å². The SMILES string of the molecule is C[Si](C)(C)/N=C(/[N-][Si](C)(C)C)c1ccccc1.C[Si](C)(C)/N=C(/[N-][Si](C)(C)C)c1ccccc1.C[Si](C)(C)/N=C(/[N-][Si](C)(C)C)c1ccccc1.C[Si](C)(C)/N=C(/[N-][Si](C)(C)C)c1ccccc1.[Ti+2]=[N][N]=[Ti+2]. The van der Waals surface area contributed by atoms with Crippen molar-refractivity contribution in [2.24, 2.45) is 25.7 Å². The maximum atomic E-state index is 4.89. The van der Waals surface area contributed by atoms with Crippen LogP contribution in [-0.4, -0.2) is 89.2 Å². The number of amidine groups is 4. The zero-order valence-corrected chi connectivity index (χ0v) is 60.1. The zero-order chi connectivity index (χ0) is 55.8. The van der Waals surface area contributed by atoms with Gasteiger partial charge in [-0.3, -0.25) is 0 Å². The molecule has 0 aliphatic carbocycles. The van der Waals surface area contributed by atoms with Gasteiger partial charge in [-0.25, -0.2) is 0 Å². The molecule has 0 bridgehead atoms. The monoisotopic (exact) mass is 1180 g/mol. The molecule has 4 aromatic carbocycles. The summed E-state index contributed by atoms with van der Waals surface area (Å²) >= 11 is 3.28. The fourth-order valence-electron chi connectivity index (χ4n) is 5.51. The first kappa shape index (κ1) is 69.5. The Morgan fingerprint density at radius 3 is 0.500 bits per heavy atom. The van der Waals surface area contributed by atoms with Gasteiger partial charge >= 0.3 is 47.6 Å². The van der Waals surface area contributed by atoms with Gasteiger partial charge in [0, 0.05) is 65.9 Å². The van der Waals surface area contributed by atoms with Gasteiger partial charge in [-0.1, -0.05) is 302 Å². The minimum absolute atomic E-state index is 0.962. The summed E-state index contributed by atoms with van der Waals surface area (Å²) < 4.78 is 26.3. The van der Waals surface area contributed by atoms with Gasteiger partial charge in [-0.05, 0) is 22.3 Å². The number of hydrogen-bond donors (Lipinski definition) is 0. The van der Waals surface area contributed by atoms with Crippen LogP contribution in [0.5, 0.6) is 0 Å². The van der Waals surface area contributed by atoms with E-state index in [-0.39, 0.29) is 0 Å². The third kappa shape index (κ3) is 39.9. The third-order valence-corrected chi connectivity index (χ3v) is 15.6. The van der Waals surface area contributed by atoms with Gasteiger partial charge < -0.3 is 38.6 Å². The van der Waals surface area contributed by atoms with Gasteiger partial charge in [0.1, 0.15) is 0 Å². The summed E-state index contributed by atoms with van der Waals surface area (Å²) in [5.74, 6) is 3.85. The molecule has 0 heterocycles. The summed E-state index contributed by atoms with van der Waals surface area (Å²) in [7, 11) is -11.9. The van der Waals surface area contributed by atoms with E-state index in [2.05, 4.69) is 261 Å². The van der Waals surface area contributed by atoms with Crippen molar-refractivity contribution in [1.29, 1.82) is 0 Å². The van der Waals surface area contributed by atoms with Crippen LogP contribution >= 0.6 is 0 Å². The summed E-state index contributed by atoms with van der Waals surface area (Å²) in [5.41, 5.74) is 4.60. The molecule has 0 saturated heterocycles. The second-order valence-electron chi connectivity index (χ2n) is 25.2. The standard InChI is InChI=1S/4C13H23N2Si2.N2.2Ti/c4*1-16(2,3)14-13(15-17(4,5)6)12-10-8-7-9-11-12;1-2;;/h4*7-11H,1-6H3;;;/q4*-1;;2*+2. The average Bonchev–Trinajstić information content (AvgIpc) is 3.21. The van der Waals surface area contributed by atoms with Crippen molar-refractivity contribution >= 4 is 89.2 Å². The van der Waals surface area contributed by atoms with E-state index < -0.39 is 65.9 Å². The minimum atomic E-state index is -1.49. The van der Waals surface area contributed by atoms with Gasteiger partial charge in [-0.2, -0.15) is 0 Å². The van der Waals surface area contributed by atoms with E-state index in [1.165, 1.54) is 0 Å². The Kier molecular flexibility index (Phi) is 30.5. The first-order valence-electron chi connectivity index (χ1n) is 24.9. The van der Waals surface area contributed by atoms with Crippen LogP contribution < -0.4 is 0 Å². The molecule has 0 fully saturated rings. The molecule has 20 heteroatoms. The maximum absolute atomic E-state index is 4.89. The summed E-state index contributed by atoms with van der Waals surface area (Å²) in [6.07, 6.45) is 0.